The van der Waals surface area contributed by atoms with E-state index in [0.717, 1.165) is 12.1 Å². The minimum atomic E-state index is -0.945. The van der Waals surface area contributed by atoms with Crippen LogP contribution in [-0.4, -0.2) is 5.91 Å². The van der Waals surface area contributed by atoms with Gasteiger partial charge in [-0.3, -0.25) is 4.79 Å². The molecule has 2 nitrogen and oxygen atoms in total. The molecule has 2 rings (SSSR count). The molecule has 104 valence electrons. The summed E-state index contributed by atoms with van der Waals surface area (Å²) >= 11 is 5.60. The quantitative estimate of drug-likeness (QED) is 0.920. The Labute approximate surface area is 118 Å². The van der Waals surface area contributed by atoms with E-state index in [9.17, 15) is 18.0 Å². The average Bonchev–Trinajstić information content (AvgIpc) is 2.40. The Morgan fingerprint density at radius 1 is 1.05 bits per heavy atom. The van der Waals surface area contributed by atoms with Gasteiger partial charge in [0.05, 0.1) is 10.6 Å². The van der Waals surface area contributed by atoms with E-state index in [1.807, 2.05) is 0 Å². The van der Waals surface area contributed by atoms with Crippen LogP contribution in [0.15, 0.2) is 36.4 Å². The third-order valence-corrected chi connectivity index (χ3v) is 2.90. The summed E-state index contributed by atoms with van der Waals surface area (Å²) in [5.41, 5.74) is 0.298. The largest absolute Gasteiger partial charge is 0.348 e. The van der Waals surface area contributed by atoms with Crippen LogP contribution in [0.25, 0.3) is 0 Å². The molecule has 1 N–H and O–H groups in total. The van der Waals surface area contributed by atoms with Crippen LogP contribution in [0.2, 0.25) is 5.02 Å². The van der Waals surface area contributed by atoms with Gasteiger partial charge in [0.1, 0.15) is 17.5 Å². The molecule has 6 heteroatoms. The van der Waals surface area contributed by atoms with Gasteiger partial charge in [-0.2, -0.15) is 0 Å². The summed E-state index contributed by atoms with van der Waals surface area (Å²) in [5.74, 6) is -2.96. The summed E-state index contributed by atoms with van der Waals surface area (Å²) in [7, 11) is 0. The average molecular weight is 300 g/mol. The molecule has 2 aromatic rings. The molecular formula is C14H9ClF3NO. The molecule has 20 heavy (non-hydrogen) atoms. The third kappa shape index (κ3) is 3.30. The number of hydrogen-bond donors (Lipinski definition) is 1. The summed E-state index contributed by atoms with van der Waals surface area (Å²) in [6.45, 7) is 0.0512. The second-order valence-corrected chi connectivity index (χ2v) is 4.46. The summed E-state index contributed by atoms with van der Waals surface area (Å²) in [5, 5.41) is 2.37. The molecular weight excluding hydrogens is 291 g/mol. The van der Waals surface area contributed by atoms with Crippen molar-refractivity contribution in [1.82, 2.24) is 5.32 Å². The zero-order valence-corrected chi connectivity index (χ0v) is 10.8. The number of rotatable bonds is 3. The molecule has 0 fully saturated rings. The van der Waals surface area contributed by atoms with Gasteiger partial charge in [0, 0.05) is 12.6 Å². The molecule has 0 saturated carbocycles. The number of nitrogens with one attached hydrogen (secondary N) is 1. The lowest BCUT2D eigenvalue weighted by molar-refractivity contribution is 0.0947. The van der Waals surface area contributed by atoms with Crippen LogP contribution in [0.1, 0.15) is 15.9 Å². The van der Waals surface area contributed by atoms with Crippen molar-refractivity contribution in [3.63, 3.8) is 0 Å². The Bertz CT molecular complexity index is 661. The Balaban J connectivity index is 2.06. The first-order chi connectivity index (χ1) is 9.47. The van der Waals surface area contributed by atoms with Gasteiger partial charge in [0.15, 0.2) is 0 Å². The van der Waals surface area contributed by atoms with Crippen molar-refractivity contribution >= 4 is 17.5 Å². The Kier molecular flexibility index (Phi) is 4.29. The number of carbonyl (C=O) groups is 1. The fraction of sp³-hybridized carbons (Fsp3) is 0.0714. The molecule has 0 aliphatic heterocycles. The lowest BCUT2D eigenvalue weighted by atomic mass is 10.1. The van der Waals surface area contributed by atoms with Crippen molar-refractivity contribution in [2.24, 2.45) is 0 Å². The van der Waals surface area contributed by atoms with E-state index < -0.39 is 23.4 Å². The van der Waals surface area contributed by atoms with E-state index >= 15 is 0 Å². The van der Waals surface area contributed by atoms with Crippen LogP contribution in [0.5, 0.6) is 0 Å². The van der Waals surface area contributed by atoms with Crippen molar-refractivity contribution in [2.45, 2.75) is 6.54 Å². The standard InChI is InChI=1S/C14H9ClF3NO/c15-11-5-8(1-4-12(11)17)7-19-14(20)10-3-2-9(16)6-13(10)18/h1-6H,7H2,(H,19,20). The molecule has 0 aliphatic carbocycles. The number of hydrogen-bond acceptors (Lipinski definition) is 1. The second-order valence-electron chi connectivity index (χ2n) is 4.06. The van der Waals surface area contributed by atoms with E-state index in [1.165, 1.54) is 18.2 Å². The zero-order valence-electron chi connectivity index (χ0n) is 10.1. The van der Waals surface area contributed by atoms with Gasteiger partial charge in [-0.15, -0.1) is 0 Å². The summed E-state index contributed by atoms with van der Waals surface area (Å²) in [6, 6.07) is 6.65. The van der Waals surface area contributed by atoms with E-state index in [-0.39, 0.29) is 17.1 Å². The molecule has 0 unspecified atom stereocenters. The first kappa shape index (κ1) is 14.4. The number of benzene rings is 2. The smallest absolute Gasteiger partial charge is 0.254 e. The summed E-state index contributed by atoms with van der Waals surface area (Å²) in [4.78, 5) is 11.7. The second kappa shape index (κ2) is 5.96. The van der Waals surface area contributed by atoms with Crippen molar-refractivity contribution in [3.05, 3.63) is 70.0 Å². The van der Waals surface area contributed by atoms with Crippen LogP contribution < -0.4 is 5.32 Å². The number of amides is 1. The predicted molar refractivity (Wildman–Crippen MR) is 68.9 cm³/mol. The SMILES string of the molecule is O=C(NCc1ccc(F)c(Cl)c1)c1ccc(F)cc1F. The molecule has 0 aromatic heterocycles. The van der Waals surface area contributed by atoms with Crippen molar-refractivity contribution < 1.29 is 18.0 Å². The predicted octanol–water partition coefficient (Wildman–Crippen LogP) is 3.69. The molecule has 0 saturated heterocycles. The van der Waals surface area contributed by atoms with Crippen LogP contribution in [0.3, 0.4) is 0 Å². The fourth-order valence-electron chi connectivity index (χ4n) is 1.60. The molecule has 1 amide bonds. The van der Waals surface area contributed by atoms with E-state index in [2.05, 4.69) is 5.32 Å². The highest BCUT2D eigenvalue weighted by Gasteiger charge is 2.12. The van der Waals surface area contributed by atoms with E-state index in [0.29, 0.717) is 11.6 Å². The lowest BCUT2D eigenvalue weighted by Gasteiger charge is -2.07. The first-order valence-electron chi connectivity index (χ1n) is 5.64. The van der Waals surface area contributed by atoms with Gasteiger partial charge in [-0.1, -0.05) is 17.7 Å². The van der Waals surface area contributed by atoms with Gasteiger partial charge in [0.2, 0.25) is 0 Å². The highest BCUT2D eigenvalue weighted by molar-refractivity contribution is 6.30. The topological polar surface area (TPSA) is 29.1 Å². The van der Waals surface area contributed by atoms with Crippen molar-refractivity contribution in [3.8, 4) is 0 Å². The lowest BCUT2D eigenvalue weighted by Crippen LogP contribution is -2.23. The highest BCUT2D eigenvalue weighted by Crippen LogP contribution is 2.16. The third-order valence-electron chi connectivity index (χ3n) is 2.61. The number of halogens is 4. The monoisotopic (exact) mass is 299 g/mol. The van der Waals surface area contributed by atoms with Gasteiger partial charge in [-0.25, -0.2) is 13.2 Å². The molecule has 0 radical (unpaired) electrons. The van der Waals surface area contributed by atoms with Crippen molar-refractivity contribution in [2.75, 3.05) is 0 Å². The van der Waals surface area contributed by atoms with Gasteiger partial charge in [-0.05, 0) is 29.8 Å². The van der Waals surface area contributed by atoms with Crippen LogP contribution >= 0.6 is 11.6 Å². The van der Waals surface area contributed by atoms with Crippen molar-refractivity contribution in [1.29, 1.82) is 0 Å². The van der Waals surface area contributed by atoms with E-state index in [4.69, 9.17) is 11.6 Å². The molecule has 0 aliphatic rings. The zero-order chi connectivity index (χ0) is 14.7. The molecule has 2 aromatic carbocycles. The van der Waals surface area contributed by atoms with E-state index in [1.54, 1.807) is 0 Å². The van der Waals surface area contributed by atoms with Gasteiger partial charge < -0.3 is 5.32 Å². The first-order valence-corrected chi connectivity index (χ1v) is 6.02. The maximum Gasteiger partial charge on any atom is 0.254 e. The molecule has 0 spiro atoms. The fourth-order valence-corrected chi connectivity index (χ4v) is 1.80. The normalized spacial score (nSPS) is 10.4. The Morgan fingerprint density at radius 2 is 1.80 bits per heavy atom. The van der Waals surface area contributed by atoms with Gasteiger partial charge >= 0.3 is 0 Å². The Morgan fingerprint density at radius 3 is 2.45 bits per heavy atom. The molecule has 0 heterocycles. The van der Waals surface area contributed by atoms with Gasteiger partial charge in [0.25, 0.3) is 5.91 Å². The summed E-state index contributed by atoms with van der Waals surface area (Å²) in [6.07, 6.45) is 0. The molecule has 0 atom stereocenters. The minimum Gasteiger partial charge on any atom is -0.348 e. The maximum atomic E-state index is 13.4. The number of carbonyl (C=O) groups excluding carboxylic acids is 1. The summed E-state index contributed by atoms with van der Waals surface area (Å²) < 4.78 is 39.0. The minimum absolute atomic E-state index is 0.0512. The van der Waals surface area contributed by atoms with Crippen LogP contribution in [0, 0.1) is 17.5 Å². The molecule has 0 bridgehead atoms. The highest BCUT2D eigenvalue weighted by atomic mass is 35.5. The maximum absolute atomic E-state index is 13.4. The van der Waals surface area contributed by atoms with Crippen LogP contribution in [-0.2, 0) is 6.54 Å². The Hall–Kier alpha value is -2.01. The van der Waals surface area contributed by atoms with Crippen LogP contribution in [0.4, 0.5) is 13.2 Å².